The quantitative estimate of drug-likeness (QED) is 0.756. The molecule has 1 atom stereocenters. The highest BCUT2D eigenvalue weighted by Gasteiger charge is 2.14. The fourth-order valence-electron chi connectivity index (χ4n) is 2.13. The minimum atomic E-state index is -0.242. The molecule has 2 rings (SSSR count). The Morgan fingerprint density at radius 2 is 1.88 bits per heavy atom. The Bertz CT molecular complexity index is 511. The van der Waals surface area contributed by atoms with Gasteiger partial charge in [0.1, 0.15) is 5.75 Å². The van der Waals surface area contributed by atoms with Crippen LogP contribution in [0, 0.1) is 0 Å². The Balaban J connectivity index is 2.47. The number of hydrogen-bond acceptors (Lipinski definition) is 3. The average molecular weight is 231 g/mol. The van der Waals surface area contributed by atoms with Gasteiger partial charge in [-0.2, -0.15) is 0 Å². The molecule has 0 amide bonds. The first-order valence-corrected chi connectivity index (χ1v) is 5.81. The average Bonchev–Trinajstić information content (AvgIpc) is 2.35. The van der Waals surface area contributed by atoms with E-state index in [9.17, 15) is 5.11 Å². The Hall–Kier alpha value is -1.58. The summed E-state index contributed by atoms with van der Waals surface area (Å²) < 4.78 is 0. The van der Waals surface area contributed by atoms with Gasteiger partial charge in [-0.05, 0) is 29.7 Å². The molecule has 0 heterocycles. The van der Waals surface area contributed by atoms with Crippen molar-refractivity contribution in [2.75, 3.05) is 6.61 Å². The molecule has 0 spiro atoms. The van der Waals surface area contributed by atoms with Crippen LogP contribution in [0.15, 0.2) is 36.4 Å². The van der Waals surface area contributed by atoms with E-state index in [1.54, 1.807) is 6.07 Å². The Morgan fingerprint density at radius 1 is 1.12 bits per heavy atom. The fraction of sp³-hybridized carbons (Fsp3) is 0.286. The molecule has 0 radical (unpaired) electrons. The number of rotatable bonds is 4. The molecule has 90 valence electrons. The van der Waals surface area contributed by atoms with Crippen molar-refractivity contribution in [2.24, 2.45) is 5.73 Å². The Morgan fingerprint density at radius 3 is 2.65 bits per heavy atom. The van der Waals surface area contributed by atoms with E-state index in [1.807, 2.05) is 30.3 Å². The SMILES string of the molecule is N[C@H](CCCO)c1c(O)ccc2ccccc12. The highest BCUT2D eigenvalue weighted by atomic mass is 16.3. The first kappa shape index (κ1) is 11.9. The third-order valence-electron chi connectivity index (χ3n) is 2.99. The van der Waals surface area contributed by atoms with Crippen molar-refractivity contribution in [1.82, 2.24) is 0 Å². The molecule has 0 saturated heterocycles. The summed E-state index contributed by atoms with van der Waals surface area (Å²) in [5.74, 6) is 0.231. The summed E-state index contributed by atoms with van der Waals surface area (Å²) in [5.41, 5.74) is 6.85. The zero-order valence-electron chi connectivity index (χ0n) is 9.63. The number of aliphatic hydroxyl groups excluding tert-OH is 1. The number of aliphatic hydroxyl groups is 1. The van der Waals surface area contributed by atoms with Gasteiger partial charge in [-0.3, -0.25) is 0 Å². The Labute approximate surface area is 101 Å². The minimum absolute atomic E-state index is 0.124. The number of fused-ring (bicyclic) bond motifs is 1. The summed E-state index contributed by atoms with van der Waals surface area (Å²) >= 11 is 0. The molecular weight excluding hydrogens is 214 g/mol. The molecule has 0 fully saturated rings. The first-order valence-electron chi connectivity index (χ1n) is 5.81. The lowest BCUT2D eigenvalue weighted by atomic mass is 9.95. The number of aromatic hydroxyl groups is 1. The molecule has 2 aromatic carbocycles. The molecule has 17 heavy (non-hydrogen) atoms. The van der Waals surface area contributed by atoms with Gasteiger partial charge in [0.15, 0.2) is 0 Å². The van der Waals surface area contributed by atoms with Crippen molar-refractivity contribution >= 4 is 10.8 Å². The summed E-state index contributed by atoms with van der Waals surface area (Å²) in [7, 11) is 0. The molecule has 4 N–H and O–H groups in total. The second kappa shape index (κ2) is 5.17. The summed E-state index contributed by atoms with van der Waals surface area (Å²) in [6.07, 6.45) is 1.31. The lowest BCUT2D eigenvalue weighted by molar-refractivity contribution is 0.279. The highest BCUT2D eigenvalue weighted by Crippen LogP contribution is 2.32. The molecular formula is C14H17NO2. The first-order chi connectivity index (χ1) is 8.24. The third kappa shape index (κ3) is 2.40. The molecule has 0 aliphatic rings. The van der Waals surface area contributed by atoms with Crippen molar-refractivity contribution in [3.8, 4) is 5.75 Å². The third-order valence-corrected chi connectivity index (χ3v) is 2.99. The van der Waals surface area contributed by atoms with Crippen LogP contribution in [0.1, 0.15) is 24.4 Å². The zero-order valence-corrected chi connectivity index (χ0v) is 9.63. The normalized spacial score (nSPS) is 12.8. The second-order valence-corrected chi connectivity index (χ2v) is 4.19. The van der Waals surface area contributed by atoms with Crippen molar-refractivity contribution in [1.29, 1.82) is 0 Å². The van der Waals surface area contributed by atoms with Crippen molar-refractivity contribution < 1.29 is 10.2 Å². The number of phenols is 1. The van der Waals surface area contributed by atoms with Crippen molar-refractivity contribution in [2.45, 2.75) is 18.9 Å². The molecule has 0 aliphatic heterocycles. The highest BCUT2D eigenvalue weighted by molar-refractivity contribution is 5.88. The van der Waals surface area contributed by atoms with Gasteiger partial charge in [0.2, 0.25) is 0 Å². The topological polar surface area (TPSA) is 66.5 Å². The van der Waals surface area contributed by atoms with E-state index in [1.165, 1.54) is 0 Å². The maximum absolute atomic E-state index is 9.94. The maximum atomic E-state index is 9.94. The van der Waals surface area contributed by atoms with Crippen molar-refractivity contribution in [3.63, 3.8) is 0 Å². The molecule has 3 nitrogen and oxygen atoms in total. The molecule has 0 aromatic heterocycles. The fourth-order valence-corrected chi connectivity index (χ4v) is 2.13. The molecule has 2 aromatic rings. The van der Waals surface area contributed by atoms with Crippen LogP contribution in [0.5, 0.6) is 5.75 Å². The molecule has 0 bridgehead atoms. The predicted molar refractivity (Wildman–Crippen MR) is 68.9 cm³/mol. The zero-order chi connectivity index (χ0) is 12.3. The molecule has 0 aliphatic carbocycles. The summed E-state index contributed by atoms with van der Waals surface area (Å²) in [6.45, 7) is 0.124. The van der Waals surface area contributed by atoms with Gasteiger partial charge < -0.3 is 15.9 Å². The van der Waals surface area contributed by atoms with Crippen LogP contribution in [-0.4, -0.2) is 16.8 Å². The van der Waals surface area contributed by atoms with Gasteiger partial charge in [-0.15, -0.1) is 0 Å². The molecule has 3 heteroatoms. The largest absolute Gasteiger partial charge is 0.508 e. The van der Waals surface area contributed by atoms with Crippen LogP contribution in [0.3, 0.4) is 0 Å². The standard InChI is InChI=1S/C14H17NO2/c15-12(6-3-9-16)14-11-5-2-1-4-10(11)7-8-13(14)17/h1-2,4-5,7-8,12,16-17H,3,6,9,15H2/t12-/m1/s1. The van der Waals surface area contributed by atoms with Gasteiger partial charge >= 0.3 is 0 Å². The minimum Gasteiger partial charge on any atom is -0.508 e. The van der Waals surface area contributed by atoms with Gasteiger partial charge in [-0.25, -0.2) is 0 Å². The Kier molecular flexibility index (Phi) is 3.61. The van der Waals surface area contributed by atoms with Gasteiger partial charge in [0.05, 0.1) is 0 Å². The number of nitrogens with two attached hydrogens (primary N) is 1. The van der Waals surface area contributed by atoms with Crippen LogP contribution in [0.4, 0.5) is 0 Å². The van der Waals surface area contributed by atoms with Gasteiger partial charge in [0, 0.05) is 18.2 Å². The predicted octanol–water partition coefficient (Wildman–Crippen LogP) is 2.32. The van der Waals surface area contributed by atoms with E-state index in [4.69, 9.17) is 10.8 Å². The summed E-state index contributed by atoms with van der Waals surface area (Å²) in [4.78, 5) is 0. The van der Waals surface area contributed by atoms with Crippen LogP contribution >= 0.6 is 0 Å². The molecule has 0 unspecified atom stereocenters. The van der Waals surface area contributed by atoms with E-state index in [0.29, 0.717) is 12.8 Å². The second-order valence-electron chi connectivity index (χ2n) is 4.19. The lowest BCUT2D eigenvalue weighted by Crippen LogP contribution is -2.11. The number of phenolic OH excluding ortho intramolecular Hbond substituents is 1. The number of benzene rings is 2. The van der Waals surface area contributed by atoms with E-state index in [-0.39, 0.29) is 18.4 Å². The summed E-state index contributed by atoms with van der Waals surface area (Å²) in [5, 5.41) is 20.8. The van der Waals surface area contributed by atoms with Crippen LogP contribution in [0.2, 0.25) is 0 Å². The number of hydrogen-bond donors (Lipinski definition) is 3. The molecule has 0 saturated carbocycles. The van der Waals surface area contributed by atoms with Crippen LogP contribution < -0.4 is 5.73 Å². The van der Waals surface area contributed by atoms with E-state index >= 15 is 0 Å². The van der Waals surface area contributed by atoms with E-state index in [2.05, 4.69) is 0 Å². The smallest absolute Gasteiger partial charge is 0.120 e. The monoisotopic (exact) mass is 231 g/mol. The van der Waals surface area contributed by atoms with Crippen LogP contribution in [0.25, 0.3) is 10.8 Å². The van der Waals surface area contributed by atoms with Crippen molar-refractivity contribution in [3.05, 3.63) is 42.0 Å². The summed E-state index contributed by atoms with van der Waals surface area (Å²) in [6, 6.07) is 11.2. The van der Waals surface area contributed by atoms with Crippen LogP contribution in [-0.2, 0) is 0 Å². The maximum Gasteiger partial charge on any atom is 0.120 e. The van der Waals surface area contributed by atoms with E-state index in [0.717, 1.165) is 16.3 Å². The van der Waals surface area contributed by atoms with Gasteiger partial charge in [-0.1, -0.05) is 30.3 Å². The van der Waals surface area contributed by atoms with Gasteiger partial charge in [0.25, 0.3) is 0 Å². The lowest BCUT2D eigenvalue weighted by Gasteiger charge is -2.16. The van der Waals surface area contributed by atoms with E-state index < -0.39 is 0 Å².